The summed E-state index contributed by atoms with van der Waals surface area (Å²) in [5, 5.41) is 18.8. The molecule has 25 heavy (non-hydrogen) atoms. The fourth-order valence-corrected chi connectivity index (χ4v) is 3.00. The molecule has 4 rings (SSSR count). The predicted octanol–water partition coefficient (Wildman–Crippen LogP) is 3.37. The Morgan fingerprint density at radius 3 is 2.80 bits per heavy atom. The lowest BCUT2D eigenvalue weighted by atomic mass is 10.1. The standard InChI is InChI=1S/C19H16N4O2/c24-19(25)16-7-2-1-6-15(16)18-12-23(22-21-18)10-9-13-11-20-17-8-4-3-5-14(13)17/h1-8,11-12,20H,9-10H2,(H,24,25). The molecule has 0 fully saturated rings. The monoisotopic (exact) mass is 332 g/mol. The van der Waals surface area contributed by atoms with Crippen molar-refractivity contribution >= 4 is 16.9 Å². The number of aryl methyl sites for hydroxylation is 2. The first-order chi connectivity index (χ1) is 12.2. The number of benzene rings is 2. The zero-order chi connectivity index (χ0) is 17.2. The Labute approximate surface area is 143 Å². The van der Waals surface area contributed by atoms with Crippen LogP contribution in [0.2, 0.25) is 0 Å². The van der Waals surface area contributed by atoms with Gasteiger partial charge in [-0.3, -0.25) is 4.68 Å². The molecule has 6 heteroatoms. The van der Waals surface area contributed by atoms with Gasteiger partial charge in [0.05, 0.1) is 11.8 Å². The third kappa shape index (κ3) is 2.89. The second kappa shape index (κ2) is 6.24. The van der Waals surface area contributed by atoms with Gasteiger partial charge < -0.3 is 10.1 Å². The Morgan fingerprint density at radius 1 is 1.12 bits per heavy atom. The SMILES string of the molecule is O=C(O)c1ccccc1-c1cn(CCc2c[nH]c3ccccc23)nn1. The lowest BCUT2D eigenvalue weighted by Crippen LogP contribution is -2.01. The Kier molecular flexibility index (Phi) is 3.78. The van der Waals surface area contributed by atoms with Gasteiger partial charge in [-0.2, -0.15) is 0 Å². The number of rotatable bonds is 5. The van der Waals surface area contributed by atoms with E-state index in [0.717, 1.165) is 11.9 Å². The second-order valence-electron chi connectivity index (χ2n) is 5.83. The summed E-state index contributed by atoms with van der Waals surface area (Å²) in [5.41, 5.74) is 3.71. The first-order valence-electron chi connectivity index (χ1n) is 8.00. The van der Waals surface area contributed by atoms with Crippen LogP contribution in [0.5, 0.6) is 0 Å². The molecule has 0 spiro atoms. The molecule has 2 aromatic heterocycles. The highest BCUT2D eigenvalue weighted by atomic mass is 16.4. The number of aromatic amines is 1. The molecule has 6 nitrogen and oxygen atoms in total. The van der Waals surface area contributed by atoms with Gasteiger partial charge in [0, 0.05) is 29.2 Å². The molecule has 2 N–H and O–H groups in total. The molecule has 0 aliphatic carbocycles. The molecule has 0 amide bonds. The number of aromatic carboxylic acids is 1. The third-order valence-electron chi connectivity index (χ3n) is 4.26. The molecule has 0 aliphatic rings. The lowest BCUT2D eigenvalue weighted by molar-refractivity contribution is 0.0697. The highest BCUT2D eigenvalue weighted by molar-refractivity contribution is 5.95. The Bertz CT molecular complexity index is 1050. The van der Waals surface area contributed by atoms with E-state index in [-0.39, 0.29) is 5.56 Å². The summed E-state index contributed by atoms with van der Waals surface area (Å²) in [4.78, 5) is 14.6. The van der Waals surface area contributed by atoms with Crippen molar-refractivity contribution in [3.05, 3.63) is 72.1 Å². The molecule has 2 heterocycles. The zero-order valence-corrected chi connectivity index (χ0v) is 13.4. The zero-order valence-electron chi connectivity index (χ0n) is 13.4. The number of carboxylic acid groups (broad SMARTS) is 1. The molecule has 0 atom stereocenters. The first kappa shape index (κ1) is 15.1. The third-order valence-corrected chi connectivity index (χ3v) is 4.26. The molecule has 4 aromatic rings. The summed E-state index contributed by atoms with van der Waals surface area (Å²) < 4.78 is 1.75. The molecule has 2 aromatic carbocycles. The molecule has 0 aliphatic heterocycles. The van der Waals surface area contributed by atoms with Crippen LogP contribution < -0.4 is 0 Å². The van der Waals surface area contributed by atoms with Crippen molar-refractivity contribution in [2.24, 2.45) is 0 Å². The largest absolute Gasteiger partial charge is 0.478 e. The Morgan fingerprint density at radius 2 is 1.92 bits per heavy atom. The first-order valence-corrected chi connectivity index (χ1v) is 8.00. The van der Waals surface area contributed by atoms with Gasteiger partial charge in [0.25, 0.3) is 0 Å². The van der Waals surface area contributed by atoms with Gasteiger partial charge in [0.15, 0.2) is 0 Å². The van der Waals surface area contributed by atoms with E-state index >= 15 is 0 Å². The summed E-state index contributed by atoms with van der Waals surface area (Å²) in [5.74, 6) is -0.969. The van der Waals surface area contributed by atoms with Crippen LogP contribution in [0.1, 0.15) is 15.9 Å². The second-order valence-corrected chi connectivity index (χ2v) is 5.83. The van der Waals surface area contributed by atoms with E-state index in [1.165, 1.54) is 10.9 Å². The van der Waals surface area contributed by atoms with Crippen molar-refractivity contribution in [2.45, 2.75) is 13.0 Å². The van der Waals surface area contributed by atoms with Gasteiger partial charge in [-0.15, -0.1) is 5.10 Å². The molecule has 0 saturated carbocycles. The maximum absolute atomic E-state index is 11.3. The van der Waals surface area contributed by atoms with Crippen LogP contribution in [0.3, 0.4) is 0 Å². The number of carboxylic acids is 1. The van der Waals surface area contributed by atoms with Crippen molar-refractivity contribution in [1.82, 2.24) is 20.0 Å². The van der Waals surface area contributed by atoms with E-state index in [4.69, 9.17) is 0 Å². The normalized spacial score (nSPS) is 11.0. The van der Waals surface area contributed by atoms with Crippen molar-refractivity contribution < 1.29 is 9.90 Å². The van der Waals surface area contributed by atoms with Gasteiger partial charge in [0.1, 0.15) is 5.69 Å². The minimum Gasteiger partial charge on any atom is -0.478 e. The van der Waals surface area contributed by atoms with Crippen LogP contribution in [-0.2, 0) is 13.0 Å². The lowest BCUT2D eigenvalue weighted by Gasteiger charge is -2.01. The molecule has 0 saturated heterocycles. The number of para-hydroxylation sites is 1. The number of H-pyrrole nitrogens is 1. The molecule has 0 bridgehead atoms. The van der Waals surface area contributed by atoms with Crippen LogP contribution in [-0.4, -0.2) is 31.1 Å². The molecule has 0 unspecified atom stereocenters. The van der Waals surface area contributed by atoms with Crippen molar-refractivity contribution in [2.75, 3.05) is 0 Å². The quantitative estimate of drug-likeness (QED) is 0.587. The smallest absolute Gasteiger partial charge is 0.336 e. The fraction of sp³-hybridized carbons (Fsp3) is 0.105. The van der Waals surface area contributed by atoms with Crippen molar-refractivity contribution in [1.29, 1.82) is 0 Å². The van der Waals surface area contributed by atoms with E-state index in [0.29, 0.717) is 17.8 Å². The maximum Gasteiger partial charge on any atom is 0.336 e. The molecule has 0 radical (unpaired) electrons. The van der Waals surface area contributed by atoms with Crippen LogP contribution in [0.25, 0.3) is 22.2 Å². The van der Waals surface area contributed by atoms with Gasteiger partial charge >= 0.3 is 5.97 Å². The summed E-state index contributed by atoms with van der Waals surface area (Å²) >= 11 is 0. The Hall–Kier alpha value is -3.41. The number of hydrogen-bond acceptors (Lipinski definition) is 3. The van der Waals surface area contributed by atoms with Crippen LogP contribution in [0.4, 0.5) is 0 Å². The Balaban J connectivity index is 1.55. The van der Waals surface area contributed by atoms with Gasteiger partial charge in [0.2, 0.25) is 0 Å². The summed E-state index contributed by atoms with van der Waals surface area (Å²) in [7, 11) is 0. The number of fused-ring (bicyclic) bond motifs is 1. The summed E-state index contributed by atoms with van der Waals surface area (Å²) in [6.45, 7) is 0.671. The highest BCUT2D eigenvalue weighted by Gasteiger charge is 2.13. The average molecular weight is 332 g/mol. The predicted molar refractivity (Wildman–Crippen MR) is 94.4 cm³/mol. The minimum atomic E-state index is -0.969. The van der Waals surface area contributed by atoms with Gasteiger partial charge in [-0.1, -0.05) is 41.6 Å². The summed E-state index contributed by atoms with van der Waals surface area (Å²) in [6, 6.07) is 15.0. The van der Waals surface area contributed by atoms with Crippen LogP contribution in [0, 0.1) is 0 Å². The van der Waals surface area contributed by atoms with E-state index in [1.807, 2.05) is 18.3 Å². The number of hydrogen-bond donors (Lipinski definition) is 2. The van der Waals surface area contributed by atoms with Crippen LogP contribution >= 0.6 is 0 Å². The van der Waals surface area contributed by atoms with Gasteiger partial charge in [-0.05, 0) is 24.1 Å². The van der Waals surface area contributed by atoms with E-state index in [9.17, 15) is 9.90 Å². The van der Waals surface area contributed by atoms with Crippen LogP contribution in [0.15, 0.2) is 60.9 Å². The van der Waals surface area contributed by atoms with E-state index in [2.05, 4.69) is 27.4 Å². The summed E-state index contributed by atoms with van der Waals surface area (Å²) in [6.07, 6.45) is 4.62. The van der Waals surface area contributed by atoms with E-state index in [1.54, 1.807) is 35.1 Å². The highest BCUT2D eigenvalue weighted by Crippen LogP contribution is 2.22. The topological polar surface area (TPSA) is 83.8 Å². The van der Waals surface area contributed by atoms with E-state index < -0.39 is 5.97 Å². The van der Waals surface area contributed by atoms with Gasteiger partial charge in [-0.25, -0.2) is 4.79 Å². The fourth-order valence-electron chi connectivity index (χ4n) is 3.00. The number of nitrogens with one attached hydrogen (secondary N) is 1. The molecular weight excluding hydrogens is 316 g/mol. The number of nitrogens with zero attached hydrogens (tertiary/aromatic N) is 3. The van der Waals surface area contributed by atoms with Crippen molar-refractivity contribution in [3.8, 4) is 11.3 Å². The maximum atomic E-state index is 11.3. The minimum absolute atomic E-state index is 0.228. The molecular formula is C19H16N4O2. The number of carbonyl (C=O) groups is 1. The van der Waals surface area contributed by atoms with Crippen molar-refractivity contribution in [3.63, 3.8) is 0 Å². The molecule has 124 valence electrons. The average Bonchev–Trinajstić information content (AvgIpc) is 3.27. The number of aromatic nitrogens is 4.